The molecule has 0 aliphatic heterocycles. The van der Waals surface area contributed by atoms with Crippen molar-refractivity contribution in [3.05, 3.63) is 46.1 Å². The van der Waals surface area contributed by atoms with Crippen LogP contribution in [-0.4, -0.2) is 0 Å². The molecule has 0 N–H and O–H groups in total. The summed E-state index contributed by atoms with van der Waals surface area (Å²) in [4.78, 5) is 12.0. The fourth-order valence-electron chi connectivity index (χ4n) is 2.91. The third-order valence-corrected chi connectivity index (χ3v) is 4.27. The lowest BCUT2D eigenvalue weighted by molar-refractivity contribution is 0.505. The Kier molecular flexibility index (Phi) is 7.31. The minimum Gasteiger partial charge on any atom is -0.461 e. The molecule has 1 heterocycles. The van der Waals surface area contributed by atoms with Crippen molar-refractivity contribution in [2.24, 2.45) is 0 Å². The third kappa shape index (κ3) is 5.81. The second-order valence-electron chi connectivity index (χ2n) is 6.30. The second-order valence-corrected chi connectivity index (χ2v) is 6.30. The van der Waals surface area contributed by atoms with E-state index in [4.69, 9.17) is 4.42 Å². The van der Waals surface area contributed by atoms with Gasteiger partial charge in [0.1, 0.15) is 17.2 Å². The normalized spacial score (nSPS) is 11.2. The fraction of sp³-hybridized carbons (Fsp3) is 0.550. The van der Waals surface area contributed by atoms with Gasteiger partial charge in [-0.05, 0) is 18.6 Å². The molecule has 23 heavy (non-hydrogen) atoms. The SMILES string of the molecule is CCCCCCCCCCCc1cc(=O)c2ccc(F)cc2o1. The number of rotatable bonds is 10. The van der Waals surface area contributed by atoms with Gasteiger partial charge >= 0.3 is 0 Å². The van der Waals surface area contributed by atoms with Crippen molar-refractivity contribution in [1.29, 1.82) is 0 Å². The van der Waals surface area contributed by atoms with Crippen LogP contribution in [0.4, 0.5) is 4.39 Å². The summed E-state index contributed by atoms with van der Waals surface area (Å²) >= 11 is 0. The van der Waals surface area contributed by atoms with Crippen LogP contribution in [0.5, 0.6) is 0 Å². The predicted octanol–water partition coefficient (Wildman–Crippen LogP) is 6.01. The first-order valence-electron chi connectivity index (χ1n) is 8.93. The van der Waals surface area contributed by atoms with Crippen LogP contribution < -0.4 is 5.43 Å². The number of unbranched alkanes of at least 4 members (excludes halogenated alkanes) is 8. The lowest BCUT2D eigenvalue weighted by Gasteiger charge is -2.04. The Bertz CT molecular complexity index is 660. The highest BCUT2D eigenvalue weighted by Gasteiger charge is 2.06. The standard InChI is InChI=1S/C20H27FO2/c1-2-3-4-5-6-7-8-9-10-11-17-15-19(22)18-13-12-16(21)14-20(18)23-17/h12-15H,2-11H2,1H3. The van der Waals surface area contributed by atoms with Crippen LogP contribution in [0.3, 0.4) is 0 Å². The summed E-state index contributed by atoms with van der Waals surface area (Å²) in [6.07, 6.45) is 12.1. The Morgan fingerprint density at radius 3 is 2.26 bits per heavy atom. The van der Waals surface area contributed by atoms with Gasteiger partial charge in [0.05, 0.1) is 5.39 Å². The van der Waals surface area contributed by atoms with Crippen molar-refractivity contribution in [3.8, 4) is 0 Å². The van der Waals surface area contributed by atoms with Gasteiger partial charge in [-0.3, -0.25) is 4.79 Å². The molecule has 0 bridgehead atoms. The van der Waals surface area contributed by atoms with Crippen molar-refractivity contribution < 1.29 is 8.81 Å². The number of halogens is 1. The molecule has 0 aliphatic carbocycles. The summed E-state index contributed by atoms with van der Waals surface area (Å²) in [6.45, 7) is 2.24. The van der Waals surface area contributed by atoms with E-state index in [-0.39, 0.29) is 11.2 Å². The lowest BCUT2D eigenvalue weighted by atomic mass is 10.1. The molecule has 0 fully saturated rings. The van der Waals surface area contributed by atoms with Crippen LogP contribution >= 0.6 is 0 Å². The van der Waals surface area contributed by atoms with Crippen LogP contribution in [0.25, 0.3) is 11.0 Å². The molecular formula is C20H27FO2. The molecule has 0 spiro atoms. The van der Waals surface area contributed by atoms with E-state index < -0.39 is 0 Å². The monoisotopic (exact) mass is 318 g/mol. The van der Waals surface area contributed by atoms with Gasteiger partial charge in [0.25, 0.3) is 0 Å². The molecule has 0 amide bonds. The molecule has 0 aliphatic rings. The van der Waals surface area contributed by atoms with Gasteiger partial charge in [0.2, 0.25) is 0 Å². The third-order valence-electron chi connectivity index (χ3n) is 4.27. The van der Waals surface area contributed by atoms with E-state index in [1.54, 1.807) is 6.07 Å². The Morgan fingerprint density at radius 2 is 1.57 bits per heavy atom. The first-order valence-corrected chi connectivity index (χ1v) is 8.93. The van der Waals surface area contributed by atoms with Gasteiger partial charge in [0, 0.05) is 18.6 Å². The smallest absolute Gasteiger partial charge is 0.192 e. The van der Waals surface area contributed by atoms with E-state index >= 15 is 0 Å². The summed E-state index contributed by atoms with van der Waals surface area (Å²) in [7, 11) is 0. The zero-order valence-electron chi connectivity index (χ0n) is 14.1. The summed E-state index contributed by atoms with van der Waals surface area (Å²) in [5.41, 5.74) is 0.264. The first-order chi connectivity index (χ1) is 11.2. The molecule has 2 aromatic rings. The molecule has 2 nitrogen and oxygen atoms in total. The van der Waals surface area contributed by atoms with Crippen LogP contribution in [0, 0.1) is 5.82 Å². The molecule has 2 rings (SSSR count). The van der Waals surface area contributed by atoms with E-state index in [0.29, 0.717) is 16.7 Å². The van der Waals surface area contributed by atoms with Crippen LogP contribution in [0.2, 0.25) is 0 Å². The molecule has 0 saturated carbocycles. The van der Waals surface area contributed by atoms with E-state index in [0.717, 1.165) is 19.3 Å². The molecule has 1 aromatic heterocycles. The van der Waals surface area contributed by atoms with Gasteiger partial charge in [-0.25, -0.2) is 4.39 Å². The van der Waals surface area contributed by atoms with E-state index in [1.807, 2.05) is 0 Å². The maximum absolute atomic E-state index is 13.2. The molecular weight excluding hydrogens is 291 g/mol. The van der Waals surface area contributed by atoms with Gasteiger partial charge < -0.3 is 4.42 Å². The summed E-state index contributed by atoms with van der Waals surface area (Å²) < 4.78 is 18.9. The molecule has 1 aromatic carbocycles. The molecule has 0 radical (unpaired) electrons. The fourth-order valence-corrected chi connectivity index (χ4v) is 2.91. The highest BCUT2D eigenvalue weighted by Crippen LogP contribution is 2.16. The van der Waals surface area contributed by atoms with Gasteiger partial charge in [-0.15, -0.1) is 0 Å². The van der Waals surface area contributed by atoms with Gasteiger partial charge in [0.15, 0.2) is 5.43 Å². The zero-order valence-corrected chi connectivity index (χ0v) is 14.1. The lowest BCUT2D eigenvalue weighted by Crippen LogP contribution is -2.02. The topological polar surface area (TPSA) is 30.2 Å². The van der Waals surface area contributed by atoms with Crippen molar-refractivity contribution in [3.63, 3.8) is 0 Å². The number of aryl methyl sites for hydroxylation is 1. The minimum absolute atomic E-state index is 0.0859. The van der Waals surface area contributed by atoms with Crippen LogP contribution in [0.1, 0.15) is 70.5 Å². The molecule has 3 heteroatoms. The highest BCUT2D eigenvalue weighted by atomic mass is 19.1. The van der Waals surface area contributed by atoms with E-state index in [2.05, 4.69) is 6.92 Å². The Morgan fingerprint density at radius 1 is 0.913 bits per heavy atom. The predicted molar refractivity (Wildman–Crippen MR) is 93.4 cm³/mol. The molecule has 0 atom stereocenters. The zero-order chi connectivity index (χ0) is 16.5. The van der Waals surface area contributed by atoms with Gasteiger partial charge in [-0.2, -0.15) is 0 Å². The maximum atomic E-state index is 13.2. The number of hydrogen-bond donors (Lipinski definition) is 0. The number of benzene rings is 1. The molecule has 126 valence electrons. The number of hydrogen-bond acceptors (Lipinski definition) is 2. The summed E-state index contributed by atoms with van der Waals surface area (Å²) in [6, 6.07) is 5.61. The van der Waals surface area contributed by atoms with Crippen LogP contribution in [-0.2, 0) is 6.42 Å². The molecule has 0 unspecified atom stereocenters. The first kappa shape index (κ1) is 17.7. The Hall–Kier alpha value is -1.64. The largest absolute Gasteiger partial charge is 0.461 e. The average molecular weight is 318 g/mol. The van der Waals surface area contributed by atoms with Crippen molar-refractivity contribution in [1.82, 2.24) is 0 Å². The average Bonchev–Trinajstić information content (AvgIpc) is 2.53. The maximum Gasteiger partial charge on any atom is 0.192 e. The highest BCUT2D eigenvalue weighted by molar-refractivity contribution is 5.76. The van der Waals surface area contributed by atoms with Crippen molar-refractivity contribution >= 4 is 11.0 Å². The minimum atomic E-state index is -0.374. The number of fused-ring (bicyclic) bond motifs is 1. The van der Waals surface area contributed by atoms with E-state index in [9.17, 15) is 9.18 Å². The quantitative estimate of drug-likeness (QED) is 0.502. The second kappa shape index (κ2) is 9.49. The van der Waals surface area contributed by atoms with Gasteiger partial charge in [-0.1, -0.05) is 58.3 Å². The summed E-state index contributed by atoms with van der Waals surface area (Å²) in [5.74, 6) is 0.289. The molecule has 0 saturated heterocycles. The Labute approximate surface area is 137 Å². The Balaban J connectivity index is 1.74. The summed E-state index contributed by atoms with van der Waals surface area (Å²) in [5, 5.41) is 0.447. The van der Waals surface area contributed by atoms with Crippen molar-refractivity contribution in [2.45, 2.75) is 71.1 Å². The van der Waals surface area contributed by atoms with Crippen molar-refractivity contribution in [2.75, 3.05) is 0 Å². The van der Waals surface area contributed by atoms with E-state index in [1.165, 1.54) is 63.1 Å². The van der Waals surface area contributed by atoms with Crippen LogP contribution in [0.15, 0.2) is 33.5 Å².